The number of amides is 1. The third kappa shape index (κ3) is 4.04. The molecule has 1 aromatic carbocycles. The van der Waals surface area contributed by atoms with Crippen LogP contribution in [0, 0.1) is 5.41 Å². The molecule has 0 aliphatic heterocycles. The van der Waals surface area contributed by atoms with Gasteiger partial charge in [-0.05, 0) is 36.7 Å². The lowest BCUT2D eigenvalue weighted by Gasteiger charge is -2.17. The molecule has 0 saturated heterocycles. The van der Waals surface area contributed by atoms with Crippen molar-refractivity contribution in [2.24, 2.45) is 11.1 Å². The third-order valence-electron chi connectivity index (χ3n) is 3.87. The molecule has 0 bridgehead atoms. The Kier molecular flexibility index (Phi) is 4.56. The van der Waals surface area contributed by atoms with E-state index < -0.39 is 6.04 Å². The van der Waals surface area contributed by atoms with Gasteiger partial charge >= 0.3 is 0 Å². The van der Waals surface area contributed by atoms with E-state index in [1.54, 1.807) is 0 Å². The van der Waals surface area contributed by atoms with E-state index >= 15 is 0 Å². The van der Waals surface area contributed by atoms with Crippen molar-refractivity contribution in [1.82, 2.24) is 5.32 Å². The molecule has 0 aromatic heterocycles. The van der Waals surface area contributed by atoms with Gasteiger partial charge in [0.2, 0.25) is 5.91 Å². The van der Waals surface area contributed by atoms with Crippen molar-refractivity contribution in [2.45, 2.75) is 31.7 Å². The second-order valence-corrected chi connectivity index (χ2v) is 5.49. The molecule has 0 radical (unpaired) electrons. The molecule has 1 aromatic rings. The molecule has 0 heterocycles. The van der Waals surface area contributed by atoms with Crippen LogP contribution in [0.5, 0.6) is 0 Å². The second-order valence-electron chi connectivity index (χ2n) is 5.49. The van der Waals surface area contributed by atoms with Crippen molar-refractivity contribution in [3.8, 4) is 0 Å². The Morgan fingerprint density at radius 1 is 1.37 bits per heavy atom. The molecule has 4 heteroatoms. The van der Waals surface area contributed by atoms with Crippen LogP contribution in [0.1, 0.15) is 24.8 Å². The van der Waals surface area contributed by atoms with Crippen molar-refractivity contribution in [2.75, 3.05) is 13.2 Å². The average Bonchev–Trinajstić information content (AvgIpc) is 3.18. The van der Waals surface area contributed by atoms with Crippen LogP contribution < -0.4 is 11.1 Å². The predicted octanol–water partition coefficient (Wildman–Crippen LogP) is 0.835. The first-order valence-corrected chi connectivity index (χ1v) is 6.83. The minimum absolute atomic E-state index is 0.104. The maximum Gasteiger partial charge on any atom is 0.237 e. The SMILES string of the molecule is NC(Cc1ccccc1)C(=O)NCC1(CCO)CC1. The monoisotopic (exact) mass is 262 g/mol. The number of aliphatic hydroxyl groups excluding tert-OH is 1. The van der Waals surface area contributed by atoms with Crippen LogP contribution in [0.2, 0.25) is 0 Å². The number of nitrogens with two attached hydrogens (primary N) is 1. The fourth-order valence-electron chi connectivity index (χ4n) is 2.30. The lowest BCUT2D eigenvalue weighted by molar-refractivity contribution is -0.122. The Hall–Kier alpha value is -1.39. The van der Waals surface area contributed by atoms with Gasteiger partial charge in [-0.25, -0.2) is 0 Å². The Balaban J connectivity index is 1.77. The smallest absolute Gasteiger partial charge is 0.237 e. The van der Waals surface area contributed by atoms with Crippen LogP contribution in [-0.2, 0) is 11.2 Å². The lowest BCUT2D eigenvalue weighted by atomic mass is 10.0. The third-order valence-corrected chi connectivity index (χ3v) is 3.87. The minimum Gasteiger partial charge on any atom is -0.396 e. The van der Waals surface area contributed by atoms with Crippen molar-refractivity contribution < 1.29 is 9.90 Å². The van der Waals surface area contributed by atoms with Gasteiger partial charge in [0.1, 0.15) is 0 Å². The van der Waals surface area contributed by atoms with Crippen LogP contribution in [0.4, 0.5) is 0 Å². The van der Waals surface area contributed by atoms with Crippen LogP contribution >= 0.6 is 0 Å². The van der Waals surface area contributed by atoms with E-state index in [-0.39, 0.29) is 17.9 Å². The molecule has 104 valence electrons. The summed E-state index contributed by atoms with van der Waals surface area (Å²) in [6.07, 6.45) is 3.49. The number of benzene rings is 1. The number of nitrogens with one attached hydrogen (secondary N) is 1. The molecule has 4 N–H and O–H groups in total. The van der Waals surface area contributed by atoms with Crippen LogP contribution in [-0.4, -0.2) is 30.2 Å². The first-order chi connectivity index (χ1) is 9.15. The molecule has 1 fully saturated rings. The van der Waals surface area contributed by atoms with Crippen LogP contribution in [0.25, 0.3) is 0 Å². The molecule has 2 rings (SSSR count). The first-order valence-electron chi connectivity index (χ1n) is 6.83. The molecule has 1 atom stereocenters. The molecule has 1 amide bonds. The lowest BCUT2D eigenvalue weighted by Crippen LogP contribution is -2.44. The number of aliphatic hydroxyl groups is 1. The maximum atomic E-state index is 11.9. The Morgan fingerprint density at radius 3 is 2.63 bits per heavy atom. The zero-order valence-corrected chi connectivity index (χ0v) is 11.1. The van der Waals surface area contributed by atoms with Crippen LogP contribution in [0.3, 0.4) is 0 Å². The van der Waals surface area contributed by atoms with Crippen molar-refractivity contribution in [3.05, 3.63) is 35.9 Å². The number of carbonyl (C=O) groups excluding carboxylic acids is 1. The van der Waals surface area contributed by atoms with E-state index in [0.717, 1.165) is 24.8 Å². The number of carbonyl (C=O) groups is 1. The molecular weight excluding hydrogens is 240 g/mol. The van der Waals surface area contributed by atoms with Crippen molar-refractivity contribution in [1.29, 1.82) is 0 Å². The van der Waals surface area contributed by atoms with Gasteiger partial charge in [0.15, 0.2) is 0 Å². The first kappa shape index (κ1) is 14.0. The number of hydrogen-bond acceptors (Lipinski definition) is 3. The summed E-state index contributed by atoms with van der Waals surface area (Å²) in [7, 11) is 0. The largest absolute Gasteiger partial charge is 0.396 e. The predicted molar refractivity (Wildman–Crippen MR) is 74.5 cm³/mol. The fraction of sp³-hybridized carbons (Fsp3) is 0.533. The van der Waals surface area contributed by atoms with Gasteiger partial charge in [0.05, 0.1) is 6.04 Å². The molecule has 1 aliphatic rings. The van der Waals surface area contributed by atoms with E-state index in [1.165, 1.54) is 0 Å². The molecule has 4 nitrogen and oxygen atoms in total. The Labute approximate surface area is 114 Å². The van der Waals surface area contributed by atoms with Crippen molar-refractivity contribution >= 4 is 5.91 Å². The van der Waals surface area contributed by atoms with E-state index in [9.17, 15) is 4.79 Å². The number of rotatable bonds is 7. The van der Waals surface area contributed by atoms with Gasteiger partial charge in [0, 0.05) is 13.2 Å². The summed E-state index contributed by atoms with van der Waals surface area (Å²) in [5.41, 5.74) is 7.12. The highest BCUT2D eigenvalue weighted by molar-refractivity contribution is 5.81. The Bertz CT molecular complexity index is 415. The highest BCUT2D eigenvalue weighted by Crippen LogP contribution is 2.47. The normalized spacial score (nSPS) is 17.8. The summed E-state index contributed by atoms with van der Waals surface area (Å²) in [5.74, 6) is -0.104. The van der Waals surface area contributed by atoms with Gasteiger partial charge in [-0.1, -0.05) is 30.3 Å². The van der Waals surface area contributed by atoms with E-state index in [2.05, 4.69) is 5.32 Å². The van der Waals surface area contributed by atoms with Gasteiger partial charge in [-0.15, -0.1) is 0 Å². The Morgan fingerprint density at radius 2 is 2.05 bits per heavy atom. The summed E-state index contributed by atoms with van der Waals surface area (Å²) in [4.78, 5) is 11.9. The fourth-order valence-corrected chi connectivity index (χ4v) is 2.30. The minimum atomic E-state index is -0.507. The maximum absolute atomic E-state index is 11.9. The molecule has 1 saturated carbocycles. The summed E-state index contributed by atoms with van der Waals surface area (Å²) >= 11 is 0. The van der Waals surface area contributed by atoms with E-state index in [4.69, 9.17) is 10.8 Å². The van der Waals surface area contributed by atoms with Gasteiger partial charge in [0.25, 0.3) is 0 Å². The summed E-state index contributed by atoms with van der Waals surface area (Å²) in [5, 5.41) is 11.9. The number of hydrogen-bond donors (Lipinski definition) is 3. The zero-order chi connectivity index (χ0) is 13.7. The highest BCUT2D eigenvalue weighted by Gasteiger charge is 2.42. The molecule has 19 heavy (non-hydrogen) atoms. The highest BCUT2D eigenvalue weighted by atomic mass is 16.3. The van der Waals surface area contributed by atoms with Gasteiger partial charge in [-0.3, -0.25) is 4.79 Å². The second kappa shape index (κ2) is 6.17. The topological polar surface area (TPSA) is 75.4 Å². The van der Waals surface area contributed by atoms with Crippen molar-refractivity contribution in [3.63, 3.8) is 0 Å². The molecule has 1 aliphatic carbocycles. The molecule has 1 unspecified atom stereocenters. The summed E-state index contributed by atoms with van der Waals surface area (Å²) in [6.45, 7) is 0.820. The van der Waals surface area contributed by atoms with E-state index in [1.807, 2.05) is 30.3 Å². The standard InChI is InChI=1S/C15H22N2O2/c16-13(10-12-4-2-1-3-5-12)14(19)17-11-15(6-7-15)8-9-18/h1-5,13,18H,6-11,16H2,(H,17,19). The summed E-state index contributed by atoms with van der Waals surface area (Å²) in [6, 6.07) is 9.27. The van der Waals surface area contributed by atoms with Gasteiger partial charge < -0.3 is 16.2 Å². The summed E-state index contributed by atoms with van der Waals surface area (Å²) < 4.78 is 0. The van der Waals surface area contributed by atoms with Crippen LogP contribution in [0.15, 0.2) is 30.3 Å². The molecular formula is C15H22N2O2. The van der Waals surface area contributed by atoms with E-state index in [0.29, 0.717) is 13.0 Å². The zero-order valence-electron chi connectivity index (χ0n) is 11.1. The van der Waals surface area contributed by atoms with Gasteiger partial charge in [-0.2, -0.15) is 0 Å². The molecule has 0 spiro atoms. The average molecular weight is 262 g/mol. The quantitative estimate of drug-likeness (QED) is 0.681.